The van der Waals surface area contributed by atoms with Gasteiger partial charge in [0.25, 0.3) is 0 Å². The van der Waals surface area contributed by atoms with Crippen LogP contribution in [0.15, 0.2) is 35.8 Å². The first-order chi connectivity index (χ1) is 8.22. The average molecular weight is 247 g/mol. The van der Waals surface area contributed by atoms with E-state index in [9.17, 15) is 0 Å². The van der Waals surface area contributed by atoms with Crippen LogP contribution in [0.3, 0.4) is 0 Å². The zero-order valence-corrected chi connectivity index (χ0v) is 11.2. The minimum atomic E-state index is 0.186. The Balaban J connectivity index is 2.26. The Morgan fingerprint density at radius 3 is 2.41 bits per heavy atom. The molecule has 0 aliphatic carbocycles. The largest absolute Gasteiger partial charge is 0.378 e. The van der Waals surface area contributed by atoms with Crippen molar-refractivity contribution < 1.29 is 0 Å². The molecule has 2 rings (SSSR count). The van der Waals surface area contributed by atoms with Crippen molar-refractivity contribution in [2.24, 2.45) is 0 Å². The molecule has 0 aliphatic rings. The number of rotatable bonds is 4. The van der Waals surface area contributed by atoms with Gasteiger partial charge in [-0.25, -0.2) is 4.98 Å². The summed E-state index contributed by atoms with van der Waals surface area (Å²) in [7, 11) is 6.06. The Morgan fingerprint density at radius 1 is 1.24 bits per heavy atom. The summed E-state index contributed by atoms with van der Waals surface area (Å²) in [5.74, 6) is 0. The highest BCUT2D eigenvalue weighted by atomic mass is 32.1. The van der Waals surface area contributed by atoms with Gasteiger partial charge in [0.1, 0.15) is 5.01 Å². The summed E-state index contributed by atoms with van der Waals surface area (Å²) in [5.41, 5.74) is 2.45. The van der Waals surface area contributed by atoms with Crippen molar-refractivity contribution in [2.75, 3.05) is 26.0 Å². The number of hydrogen-bond acceptors (Lipinski definition) is 4. The normalized spacial score (nSPS) is 12.4. The van der Waals surface area contributed by atoms with Crippen LogP contribution in [0.5, 0.6) is 0 Å². The van der Waals surface area contributed by atoms with Crippen molar-refractivity contribution in [3.8, 4) is 0 Å². The number of benzene rings is 1. The SMILES string of the molecule is CNC(c1ccc(N(C)C)cc1)c1nccs1. The molecule has 0 saturated heterocycles. The van der Waals surface area contributed by atoms with E-state index in [0.717, 1.165) is 5.01 Å². The predicted molar refractivity (Wildman–Crippen MR) is 73.8 cm³/mol. The highest BCUT2D eigenvalue weighted by Crippen LogP contribution is 2.25. The third-order valence-electron chi connectivity index (χ3n) is 2.73. The summed E-state index contributed by atoms with van der Waals surface area (Å²) in [4.78, 5) is 6.47. The second-order valence-electron chi connectivity index (χ2n) is 4.08. The van der Waals surface area contributed by atoms with Crippen LogP contribution in [0.2, 0.25) is 0 Å². The van der Waals surface area contributed by atoms with Crippen molar-refractivity contribution >= 4 is 17.0 Å². The Morgan fingerprint density at radius 2 is 1.94 bits per heavy atom. The molecule has 1 unspecified atom stereocenters. The molecule has 0 radical (unpaired) electrons. The van der Waals surface area contributed by atoms with E-state index < -0.39 is 0 Å². The summed E-state index contributed by atoms with van der Waals surface area (Å²) < 4.78 is 0. The van der Waals surface area contributed by atoms with Gasteiger partial charge in [0.05, 0.1) is 6.04 Å². The number of nitrogens with zero attached hydrogens (tertiary/aromatic N) is 2. The standard InChI is InChI=1S/C13H17N3S/c1-14-12(13-15-8-9-17-13)10-4-6-11(7-5-10)16(2)3/h4-9,12,14H,1-3H3. The minimum Gasteiger partial charge on any atom is -0.378 e. The summed E-state index contributed by atoms with van der Waals surface area (Å²) in [6.07, 6.45) is 1.85. The van der Waals surface area contributed by atoms with E-state index in [0.29, 0.717) is 0 Å². The molecule has 1 N–H and O–H groups in total. The van der Waals surface area contributed by atoms with E-state index in [4.69, 9.17) is 0 Å². The lowest BCUT2D eigenvalue weighted by Crippen LogP contribution is -2.17. The Labute approximate surface area is 106 Å². The zero-order valence-electron chi connectivity index (χ0n) is 10.3. The molecule has 90 valence electrons. The van der Waals surface area contributed by atoms with Gasteiger partial charge in [0, 0.05) is 31.4 Å². The molecule has 0 amide bonds. The van der Waals surface area contributed by atoms with Gasteiger partial charge in [-0.1, -0.05) is 12.1 Å². The van der Waals surface area contributed by atoms with Crippen molar-refractivity contribution in [2.45, 2.75) is 6.04 Å². The molecule has 0 aliphatic heterocycles. The Kier molecular flexibility index (Phi) is 3.76. The van der Waals surface area contributed by atoms with E-state index in [-0.39, 0.29) is 6.04 Å². The van der Waals surface area contributed by atoms with Crippen LogP contribution in [0, 0.1) is 0 Å². The van der Waals surface area contributed by atoms with Crippen LogP contribution in [0.25, 0.3) is 0 Å². The number of thiazole rings is 1. The molecule has 4 heteroatoms. The number of aromatic nitrogens is 1. The molecule has 0 bridgehead atoms. The van der Waals surface area contributed by atoms with Crippen LogP contribution in [0.4, 0.5) is 5.69 Å². The van der Waals surface area contributed by atoms with Crippen LogP contribution < -0.4 is 10.2 Å². The maximum atomic E-state index is 4.37. The predicted octanol–water partition coefficient (Wildman–Crippen LogP) is 2.52. The van der Waals surface area contributed by atoms with Gasteiger partial charge < -0.3 is 10.2 Å². The molecule has 0 fully saturated rings. The van der Waals surface area contributed by atoms with E-state index >= 15 is 0 Å². The monoisotopic (exact) mass is 247 g/mol. The molecule has 1 aromatic carbocycles. The van der Waals surface area contributed by atoms with Gasteiger partial charge >= 0.3 is 0 Å². The highest BCUT2D eigenvalue weighted by Gasteiger charge is 2.14. The van der Waals surface area contributed by atoms with Gasteiger partial charge in [0.15, 0.2) is 0 Å². The van der Waals surface area contributed by atoms with Gasteiger partial charge in [-0.3, -0.25) is 0 Å². The van der Waals surface area contributed by atoms with Gasteiger partial charge in [-0.05, 0) is 24.7 Å². The first-order valence-electron chi connectivity index (χ1n) is 5.56. The fourth-order valence-corrected chi connectivity index (χ4v) is 2.55. The number of nitrogens with one attached hydrogen (secondary N) is 1. The van der Waals surface area contributed by atoms with E-state index in [2.05, 4.69) is 39.5 Å². The molecule has 17 heavy (non-hydrogen) atoms. The van der Waals surface area contributed by atoms with Gasteiger partial charge in [-0.15, -0.1) is 11.3 Å². The van der Waals surface area contributed by atoms with Crippen LogP contribution in [-0.4, -0.2) is 26.1 Å². The molecule has 1 atom stereocenters. The molecule has 0 spiro atoms. The number of hydrogen-bond donors (Lipinski definition) is 1. The average Bonchev–Trinajstić information content (AvgIpc) is 2.84. The quantitative estimate of drug-likeness (QED) is 0.900. The lowest BCUT2D eigenvalue weighted by Gasteiger charge is -2.16. The fraction of sp³-hybridized carbons (Fsp3) is 0.308. The Bertz CT molecular complexity index is 448. The third kappa shape index (κ3) is 2.65. The minimum absolute atomic E-state index is 0.186. The van der Waals surface area contributed by atoms with Crippen molar-refractivity contribution in [1.29, 1.82) is 0 Å². The van der Waals surface area contributed by atoms with Crippen molar-refractivity contribution in [3.05, 3.63) is 46.4 Å². The summed E-state index contributed by atoms with van der Waals surface area (Å²) in [5, 5.41) is 6.41. The summed E-state index contributed by atoms with van der Waals surface area (Å²) >= 11 is 1.68. The zero-order chi connectivity index (χ0) is 12.3. The molecule has 3 nitrogen and oxygen atoms in total. The lowest BCUT2D eigenvalue weighted by atomic mass is 10.1. The summed E-state index contributed by atoms with van der Waals surface area (Å²) in [6, 6.07) is 8.75. The van der Waals surface area contributed by atoms with Gasteiger partial charge in [0.2, 0.25) is 0 Å². The summed E-state index contributed by atoms with van der Waals surface area (Å²) in [6.45, 7) is 0. The molecule has 0 saturated carbocycles. The third-order valence-corrected chi connectivity index (χ3v) is 3.57. The fourth-order valence-electron chi connectivity index (χ4n) is 1.77. The topological polar surface area (TPSA) is 28.2 Å². The second kappa shape index (κ2) is 5.29. The molecule has 1 heterocycles. The van der Waals surface area contributed by atoms with Crippen molar-refractivity contribution in [1.82, 2.24) is 10.3 Å². The molecule has 2 aromatic rings. The van der Waals surface area contributed by atoms with Crippen LogP contribution in [-0.2, 0) is 0 Å². The molecular formula is C13H17N3S. The number of anilines is 1. The molecular weight excluding hydrogens is 230 g/mol. The molecule has 1 aromatic heterocycles. The maximum Gasteiger partial charge on any atom is 0.114 e. The first-order valence-corrected chi connectivity index (χ1v) is 6.44. The maximum absolute atomic E-state index is 4.37. The van der Waals surface area contributed by atoms with E-state index in [1.807, 2.05) is 32.7 Å². The van der Waals surface area contributed by atoms with Gasteiger partial charge in [-0.2, -0.15) is 0 Å². The smallest absolute Gasteiger partial charge is 0.114 e. The Hall–Kier alpha value is -1.39. The van der Waals surface area contributed by atoms with Crippen LogP contribution in [0.1, 0.15) is 16.6 Å². The van der Waals surface area contributed by atoms with E-state index in [1.165, 1.54) is 11.3 Å². The second-order valence-corrected chi connectivity index (χ2v) is 5.00. The lowest BCUT2D eigenvalue weighted by molar-refractivity contribution is 0.686. The van der Waals surface area contributed by atoms with Crippen molar-refractivity contribution in [3.63, 3.8) is 0 Å². The first kappa shape index (κ1) is 12.1. The van der Waals surface area contributed by atoms with E-state index in [1.54, 1.807) is 11.3 Å². The van der Waals surface area contributed by atoms with Crippen LogP contribution >= 0.6 is 11.3 Å². The highest BCUT2D eigenvalue weighted by molar-refractivity contribution is 7.09.